The van der Waals surface area contributed by atoms with Crippen molar-refractivity contribution < 1.29 is 9.47 Å². The molecule has 2 nitrogen and oxygen atoms in total. The molecular weight excluding hydrogens is 368 g/mol. The summed E-state index contributed by atoms with van der Waals surface area (Å²) in [6, 6.07) is 32.5. The van der Waals surface area contributed by atoms with E-state index in [0.717, 1.165) is 24.3 Å². The molecule has 1 aliphatic carbocycles. The van der Waals surface area contributed by atoms with Gasteiger partial charge in [-0.1, -0.05) is 78.9 Å². The standard InChI is InChI=1S/C28H22O2/c1-2-7-19(8-3-1)26-15-21(13-14-28(26)30-18-22-17-29-22)24-11-6-12-25-23-10-5-4-9-20(23)16-27(24)25/h1-15,22H,16-18H2. The number of benzene rings is 4. The van der Waals surface area contributed by atoms with Crippen LogP contribution >= 0.6 is 0 Å². The van der Waals surface area contributed by atoms with Crippen molar-refractivity contribution in [1.29, 1.82) is 0 Å². The van der Waals surface area contributed by atoms with Gasteiger partial charge in [0.25, 0.3) is 0 Å². The van der Waals surface area contributed by atoms with Crippen molar-refractivity contribution in [3.05, 3.63) is 102 Å². The quantitative estimate of drug-likeness (QED) is 0.325. The first-order chi connectivity index (χ1) is 14.9. The van der Waals surface area contributed by atoms with E-state index in [-0.39, 0.29) is 6.10 Å². The Balaban J connectivity index is 1.45. The molecule has 0 N–H and O–H groups in total. The molecule has 2 aliphatic rings. The minimum atomic E-state index is 0.240. The van der Waals surface area contributed by atoms with Gasteiger partial charge in [0.15, 0.2) is 0 Å². The number of ether oxygens (including phenoxy) is 2. The fourth-order valence-electron chi connectivity index (χ4n) is 4.44. The Morgan fingerprint density at radius 1 is 0.700 bits per heavy atom. The summed E-state index contributed by atoms with van der Waals surface area (Å²) in [7, 11) is 0. The molecule has 0 aromatic heterocycles. The Bertz CT molecular complexity index is 1220. The SMILES string of the molecule is c1ccc(-c2cc(-c3cccc4c3Cc3ccccc3-4)ccc2OCC2CO2)cc1. The highest BCUT2D eigenvalue weighted by molar-refractivity contribution is 5.86. The largest absolute Gasteiger partial charge is 0.490 e. The Kier molecular flexibility index (Phi) is 4.17. The summed E-state index contributed by atoms with van der Waals surface area (Å²) in [6.07, 6.45) is 1.23. The monoisotopic (exact) mass is 390 g/mol. The van der Waals surface area contributed by atoms with Gasteiger partial charge in [-0.05, 0) is 57.5 Å². The molecule has 1 atom stereocenters. The third-order valence-corrected chi connectivity index (χ3v) is 6.05. The molecule has 1 saturated heterocycles. The van der Waals surface area contributed by atoms with Crippen molar-refractivity contribution in [1.82, 2.24) is 0 Å². The van der Waals surface area contributed by atoms with Crippen molar-refractivity contribution in [2.45, 2.75) is 12.5 Å². The molecule has 2 heteroatoms. The highest BCUT2D eigenvalue weighted by atomic mass is 16.6. The Labute approximate surface area is 176 Å². The van der Waals surface area contributed by atoms with Crippen LogP contribution in [0, 0.1) is 0 Å². The van der Waals surface area contributed by atoms with Crippen LogP contribution < -0.4 is 4.74 Å². The van der Waals surface area contributed by atoms with E-state index in [9.17, 15) is 0 Å². The minimum Gasteiger partial charge on any atom is -0.490 e. The molecule has 146 valence electrons. The van der Waals surface area contributed by atoms with Crippen molar-refractivity contribution in [2.75, 3.05) is 13.2 Å². The molecule has 4 aromatic carbocycles. The van der Waals surface area contributed by atoms with Gasteiger partial charge in [-0.2, -0.15) is 0 Å². The second-order valence-electron chi connectivity index (χ2n) is 8.01. The van der Waals surface area contributed by atoms with Crippen LogP contribution in [0.3, 0.4) is 0 Å². The van der Waals surface area contributed by atoms with E-state index in [0.29, 0.717) is 6.61 Å². The maximum atomic E-state index is 6.12. The molecule has 0 spiro atoms. The molecular formula is C28H22O2. The van der Waals surface area contributed by atoms with E-state index in [2.05, 4.69) is 84.9 Å². The molecule has 1 heterocycles. The average molecular weight is 390 g/mol. The summed E-state index contributed by atoms with van der Waals surface area (Å²) in [5.41, 5.74) is 10.4. The third kappa shape index (κ3) is 3.10. The first kappa shape index (κ1) is 17.5. The van der Waals surface area contributed by atoms with Crippen LogP contribution in [0.1, 0.15) is 11.1 Å². The van der Waals surface area contributed by atoms with Crippen molar-refractivity contribution >= 4 is 0 Å². The Morgan fingerprint density at radius 2 is 1.47 bits per heavy atom. The summed E-state index contributed by atoms with van der Waals surface area (Å²) in [4.78, 5) is 0. The van der Waals surface area contributed by atoms with Gasteiger partial charge in [-0.15, -0.1) is 0 Å². The van der Waals surface area contributed by atoms with Crippen LogP contribution in [0.25, 0.3) is 33.4 Å². The lowest BCUT2D eigenvalue weighted by molar-refractivity contribution is 0.264. The summed E-state index contributed by atoms with van der Waals surface area (Å²) in [5, 5.41) is 0. The lowest BCUT2D eigenvalue weighted by atomic mass is 9.93. The molecule has 0 amide bonds. The molecule has 0 saturated carbocycles. The fraction of sp³-hybridized carbons (Fsp3) is 0.143. The van der Waals surface area contributed by atoms with Gasteiger partial charge in [0.05, 0.1) is 6.61 Å². The number of rotatable bonds is 5. The third-order valence-electron chi connectivity index (χ3n) is 6.05. The van der Waals surface area contributed by atoms with Crippen LogP contribution in [0.5, 0.6) is 5.75 Å². The van der Waals surface area contributed by atoms with Gasteiger partial charge in [0.2, 0.25) is 0 Å². The molecule has 4 aromatic rings. The second-order valence-corrected chi connectivity index (χ2v) is 8.01. The molecule has 30 heavy (non-hydrogen) atoms. The van der Waals surface area contributed by atoms with Crippen molar-refractivity contribution in [3.63, 3.8) is 0 Å². The average Bonchev–Trinajstić information content (AvgIpc) is 3.56. The van der Waals surface area contributed by atoms with E-state index in [1.807, 2.05) is 6.07 Å². The van der Waals surface area contributed by atoms with Gasteiger partial charge in [0.1, 0.15) is 18.5 Å². The van der Waals surface area contributed by atoms with Gasteiger partial charge < -0.3 is 9.47 Å². The van der Waals surface area contributed by atoms with Crippen molar-refractivity contribution in [3.8, 4) is 39.1 Å². The normalized spacial score (nSPS) is 16.1. The minimum absolute atomic E-state index is 0.240. The molecule has 6 rings (SSSR count). The summed E-state index contributed by atoms with van der Waals surface area (Å²) in [6.45, 7) is 1.41. The lowest BCUT2D eigenvalue weighted by Crippen LogP contribution is -2.05. The zero-order valence-electron chi connectivity index (χ0n) is 16.7. The zero-order valence-corrected chi connectivity index (χ0v) is 16.7. The van der Waals surface area contributed by atoms with Crippen LogP contribution in [0.15, 0.2) is 91.0 Å². The second kappa shape index (κ2) is 7.16. The fourth-order valence-corrected chi connectivity index (χ4v) is 4.44. The predicted molar refractivity (Wildman–Crippen MR) is 121 cm³/mol. The Morgan fingerprint density at radius 3 is 2.33 bits per heavy atom. The van der Waals surface area contributed by atoms with Crippen LogP contribution in [0.4, 0.5) is 0 Å². The smallest absolute Gasteiger partial charge is 0.127 e. The molecule has 1 unspecified atom stereocenters. The predicted octanol–water partition coefficient (Wildman–Crippen LogP) is 6.37. The van der Waals surface area contributed by atoms with Crippen molar-refractivity contribution in [2.24, 2.45) is 0 Å². The molecule has 1 aliphatic heterocycles. The maximum Gasteiger partial charge on any atom is 0.127 e. The summed E-state index contributed by atoms with van der Waals surface area (Å²) < 4.78 is 11.4. The van der Waals surface area contributed by atoms with Gasteiger partial charge in [-0.25, -0.2) is 0 Å². The summed E-state index contributed by atoms with van der Waals surface area (Å²) >= 11 is 0. The van der Waals surface area contributed by atoms with Gasteiger partial charge in [-0.3, -0.25) is 0 Å². The molecule has 0 bridgehead atoms. The summed E-state index contributed by atoms with van der Waals surface area (Å²) in [5.74, 6) is 0.913. The van der Waals surface area contributed by atoms with E-state index in [1.165, 1.54) is 38.9 Å². The zero-order chi connectivity index (χ0) is 19.9. The topological polar surface area (TPSA) is 21.8 Å². The van der Waals surface area contributed by atoms with Gasteiger partial charge in [0, 0.05) is 5.56 Å². The Hall–Kier alpha value is -3.36. The van der Waals surface area contributed by atoms with E-state index < -0.39 is 0 Å². The first-order valence-corrected chi connectivity index (χ1v) is 10.5. The maximum absolute atomic E-state index is 6.12. The number of epoxide rings is 1. The first-order valence-electron chi connectivity index (χ1n) is 10.5. The van der Waals surface area contributed by atoms with E-state index in [1.54, 1.807) is 0 Å². The van der Waals surface area contributed by atoms with Crippen LogP contribution in [-0.4, -0.2) is 19.3 Å². The molecule has 1 fully saturated rings. The number of fused-ring (bicyclic) bond motifs is 3. The van der Waals surface area contributed by atoms with E-state index in [4.69, 9.17) is 9.47 Å². The van der Waals surface area contributed by atoms with Gasteiger partial charge >= 0.3 is 0 Å². The highest BCUT2D eigenvalue weighted by Crippen LogP contribution is 2.43. The lowest BCUT2D eigenvalue weighted by Gasteiger charge is -2.15. The number of hydrogen-bond acceptors (Lipinski definition) is 2. The van der Waals surface area contributed by atoms with Crippen LogP contribution in [-0.2, 0) is 11.2 Å². The van der Waals surface area contributed by atoms with E-state index >= 15 is 0 Å². The number of hydrogen-bond donors (Lipinski definition) is 0. The highest BCUT2D eigenvalue weighted by Gasteiger charge is 2.24. The van der Waals surface area contributed by atoms with Crippen LogP contribution in [0.2, 0.25) is 0 Å². The molecule has 0 radical (unpaired) electrons.